The van der Waals surface area contributed by atoms with E-state index in [9.17, 15) is 9.59 Å². The zero-order chi connectivity index (χ0) is 20.1. The number of likely N-dealkylation sites (tertiary alicyclic amines) is 1. The molecule has 1 aliphatic heterocycles. The highest BCUT2D eigenvalue weighted by Gasteiger charge is 2.41. The van der Waals surface area contributed by atoms with Crippen LogP contribution in [0.5, 0.6) is 5.75 Å². The Labute approximate surface area is 166 Å². The molecule has 0 aromatic heterocycles. The van der Waals surface area contributed by atoms with Crippen LogP contribution in [0.2, 0.25) is 0 Å². The highest BCUT2D eigenvalue weighted by atomic mass is 16.5. The second kappa shape index (κ2) is 8.91. The highest BCUT2D eigenvalue weighted by molar-refractivity contribution is 5.85. The molecule has 0 unspecified atom stereocenters. The van der Waals surface area contributed by atoms with Gasteiger partial charge in [0.2, 0.25) is 11.8 Å². The van der Waals surface area contributed by atoms with Crippen molar-refractivity contribution in [2.75, 3.05) is 20.7 Å². The van der Waals surface area contributed by atoms with Gasteiger partial charge in [0.05, 0.1) is 19.1 Å². The smallest absolute Gasteiger partial charge is 0.228 e. The van der Waals surface area contributed by atoms with Crippen LogP contribution in [0.25, 0.3) is 0 Å². The minimum Gasteiger partial charge on any atom is -0.497 e. The largest absolute Gasteiger partial charge is 0.497 e. The molecule has 2 atom stereocenters. The van der Waals surface area contributed by atoms with Crippen molar-refractivity contribution in [3.05, 3.63) is 65.7 Å². The van der Waals surface area contributed by atoms with E-state index >= 15 is 0 Å². The molecule has 148 valence electrons. The van der Waals surface area contributed by atoms with Crippen molar-refractivity contribution in [1.82, 2.24) is 9.80 Å². The first-order valence-corrected chi connectivity index (χ1v) is 9.77. The van der Waals surface area contributed by atoms with E-state index in [1.54, 1.807) is 12.0 Å². The molecule has 1 heterocycles. The summed E-state index contributed by atoms with van der Waals surface area (Å²) in [6.45, 7) is 3.10. The molecule has 2 amide bonds. The molecule has 2 aromatic rings. The Hall–Kier alpha value is -2.82. The number of ether oxygens (including phenoxy) is 1. The number of hydrogen-bond donors (Lipinski definition) is 0. The number of benzene rings is 2. The fraction of sp³-hybridized carbons (Fsp3) is 0.391. The lowest BCUT2D eigenvalue weighted by Crippen LogP contribution is -2.48. The van der Waals surface area contributed by atoms with Crippen molar-refractivity contribution in [3.8, 4) is 5.75 Å². The van der Waals surface area contributed by atoms with Gasteiger partial charge in [0.1, 0.15) is 5.75 Å². The Morgan fingerprint density at radius 3 is 2.61 bits per heavy atom. The quantitative estimate of drug-likeness (QED) is 0.769. The van der Waals surface area contributed by atoms with Gasteiger partial charge in [-0.15, -0.1) is 0 Å². The number of carbonyl (C=O) groups is 2. The van der Waals surface area contributed by atoms with Gasteiger partial charge in [-0.25, -0.2) is 0 Å². The van der Waals surface area contributed by atoms with Gasteiger partial charge >= 0.3 is 0 Å². The number of methoxy groups -OCH3 is 1. The molecule has 3 rings (SSSR count). The van der Waals surface area contributed by atoms with E-state index in [4.69, 9.17) is 4.74 Å². The van der Waals surface area contributed by atoms with E-state index in [2.05, 4.69) is 0 Å². The van der Waals surface area contributed by atoms with Crippen molar-refractivity contribution in [2.24, 2.45) is 5.92 Å². The lowest BCUT2D eigenvalue weighted by molar-refractivity contribution is -0.147. The lowest BCUT2D eigenvalue weighted by atomic mass is 9.83. The molecular weight excluding hydrogens is 352 g/mol. The van der Waals surface area contributed by atoms with E-state index in [-0.39, 0.29) is 23.8 Å². The number of piperidine rings is 1. The molecule has 28 heavy (non-hydrogen) atoms. The summed E-state index contributed by atoms with van der Waals surface area (Å²) in [5, 5.41) is 0. The van der Waals surface area contributed by atoms with Crippen LogP contribution in [-0.4, -0.2) is 42.3 Å². The van der Waals surface area contributed by atoms with Gasteiger partial charge in [-0.1, -0.05) is 42.5 Å². The molecule has 1 saturated heterocycles. The van der Waals surface area contributed by atoms with Crippen LogP contribution < -0.4 is 4.74 Å². The van der Waals surface area contributed by atoms with Gasteiger partial charge in [0, 0.05) is 26.6 Å². The Bertz CT molecular complexity index is 822. The maximum atomic E-state index is 13.4. The number of amides is 2. The summed E-state index contributed by atoms with van der Waals surface area (Å²) in [5.41, 5.74) is 2.04. The van der Waals surface area contributed by atoms with E-state index in [1.807, 2.05) is 73.5 Å². The van der Waals surface area contributed by atoms with Gasteiger partial charge < -0.3 is 14.5 Å². The van der Waals surface area contributed by atoms with Gasteiger partial charge in [0.15, 0.2) is 0 Å². The summed E-state index contributed by atoms with van der Waals surface area (Å²) in [7, 11) is 3.46. The minimum atomic E-state index is -0.271. The first-order valence-electron chi connectivity index (χ1n) is 9.77. The van der Waals surface area contributed by atoms with Crippen LogP contribution in [0.1, 0.15) is 36.9 Å². The summed E-state index contributed by atoms with van der Waals surface area (Å²) in [6, 6.07) is 17.4. The predicted molar refractivity (Wildman–Crippen MR) is 109 cm³/mol. The molecule has 0 saturated carbocycles. The fourth-order valence-corrected chi connectivity index (χ4v) is 4.04. The molecule has 0 radical (unpaired) electrons. The van der Waals surface area contributed by atoms with Crippen molar-refractivity contribution in [3.63, 3.8) is 0 Å². The lowest BCUT2D eigenvalue weighted by Gasteiger charge is -2.41. The van der Waals surface area contributed by atoms with Crippen molar-refractivity contribution in [2.45, 2.75) is 32.4 Å². The predicted octanol–water partition coefficient (Wildman–Crippen LogP) is 3.65. The van der Waals surface area contributed by atoms with Crippen molar-refractivity contribution in [1.29, 1.82) is 0 Å². The molecule has 5 nitrogen and oxygen atoms in total. The van der Waals surface area contributed by atoms with Crippen molar-refractivity contribution < 1.29 is 14.3 Å². The number of carbonyl (C=O) groups excluding carboxylic acids is 2. The van der Waals surface area contributed by atoms with E-state index in [1.165, 1.54) is 0 Å². The SMILES string of the molecule is CCN1C(=O)CC[C@@H](C(=O)N(C)Cc2ccccc2)[C@@H]1c1cccc(OC)c1. The van der Waals surface area contributed by atoms with Crippen molar-refractivity contribution >= 4 is 11.8 Å². The second-order valence-corrected chi connectivity index (χ2v) is 7.23. The van der Waals surface area contributed by atoms with Gasteiger partial charge in [-0.05, 0) is 36.6 Å². The Kier molecular flexibility index (Phi) is 6.34. The van der Waals surface area contributed by atoms with Gasteiger partial charge in [0.25, 0.3) is 0 Å². The number of hydrogen-bond acceptors (Lipinski definition) is 3. The van der Waals surface area contributed by atoms with Gasteiger partial charge in [-0.2, -0.15) is 0 Å². The average Bonchev–Trinajstić information content (AvgIpc) is 2.73. The number of nitrogens with zero attached hydrogens (tertiary/aromatic N) is 2. The summed E-state index contributed by atoms with van der Waals surface area (Å²) in [5.74, 6) is 0.640. The normalized spacial score (nSPS) is 19.4. The first-order chi connectivity index (χ1) is 13.5. The summed E-state index contributed by atoms with van der Waals surface area (Å²) in [4.78, 5) is 29.5. The molecule has 5 heteroatoms. The maximum Gasteiger partial charge on any atom is 0.228 e. The monoisotopic (exact) mass is 380 g/mol. The zero-order valence-corrected chi connectivity index (χ0v) is 16.8. The molecular formula is C23H28N2O3. The summed E-state index contributed by atoms with van der Waals surface area (Å²) in [6.07, 6.45) is 0.971. The summed E-state index contributed by atoms with van der Waals surface area (Å²) >= 11 is 0. The topological polar surface area (TPSA) is 49.9 Å². The van der Waals surface area contributed by atoms with E-state index in [0.717, 1.165) is 16.9 Å². The zero-order valence-electron chi connectivity index (χ0n) is 16.8. The second-order valence-electron chi connectivity index (χ2n) is 7.23. The van der Waals surface area contributed by atoms with E-state index in [0.29, 0.717) is 25.9 Å². The molecule has 0 aliphatic carbocycles. The standard InChI is InChI=1S/C23H28N2O3/c1-4-25-21(26)14-13-20(22(25)18-11-8-12-19(15-18)28-3)23(27)24(2)16-17-9-6-5-7-10-17/h5-12,15,20,22H,4,13-14,16H2,1-3H3/t20-,22+/m1/s1. The Balaban J connectivity index is 1.89. The molecule has 0 N–H and O–H groups in total. The molecule has 2 aromatic carbocycles. The third-order valence-corrected chi connectivity index (χ3v) is 5.44. The molecule has 1 aliphatic rings. The third-order valence-electron chi connectivity index (χ3n) is 5.44. The average molecular weight is 380 g/mol. The third kappa shape index (κ3) is 4.19. The summed E-state index contributed by atoms with van der Waals surface area (Å²) < 4.78 is 5.36. The van der Waals surface area contributed by atoms with E-state index < -0.39 is 0 Å². The van der Waals surface area contributed by atoms with Crippen LogP contribution in [-0.2, 0) is 16.1 Å². The van der Waals surface area contributed by atoms with Crippen LogP contribution in [0.4, 0.5) is 0 Å². The minimum absolute atomic E-state index is 0.0719. The van der Waals surface area contributed by atoms with Gasteiger partial charge in [-0.3, -0.25) is 9.59 Å². The van der Waals surface area contributed by atoms with Crippen LogP contribution >= 0.6 is 0 Å². The Morgan fingerprint density at radius 1 is 1.18 bits per heavy atom. The molecule has 0 spiro atoms. The van der Waals surface area contributed by atoms with Crippen LogP contribution in [0.3, 0.4) is 0 Å². The highest BCUT2D eigenvalue weighted by Crippen LogP contribution is 2.38. The fourth-order valence-electron chi connectivity index (χ4n) is 4.04. The molecule has 0 bridgehead atoms. The number of rotatable bonds is 6. The Morgan fingerprint density at radius 2 is 1.93 bits per heavy atom. The first kappa shape index (κ1) is 19.9. The van der Waals surface area contributed by atoms with Crippen LogP contribution in [0.15, 0.2) is 54.6 Å². The molecule has 1 fully saturated rings. The maximum absolute atomic E-state index is 13.4. The van der Waals surface area contributed by atoms with Crippen LogP contribution in [0, 0.1) is 5.92 Å².